The topological polar surface area (TPSA) is 44.7 Å². The van der Waals surface area contributed by atoms with Crippen molar-refractivity contribution >= 4 is 0 Å². The van der Waals surface area contributed by atoms with Crippen molar-refractivity contribution in [2.24, 2.45) is 0 Å². The quantitative estimate of drug-likeness (QED) is 0.836. The molecule has 0 bridgehead atoms. The highest BCUT2D eigenvalue weighted by molar-refractivity contribution is 5.26. The summed E-state index contributed by atoms with van der Waals surface area (Å²) < 4.78 is 5.52. The lowest BCUT2D eigenvalue weighted by atomic mass is 9.88. The van der Waals surface area contributed by atoms with E-state index in [9.17, 15) is 5.11 Å². The first kappa shape index (κ1) is 16.4. The van der Waals surface area contributed by atoms with Gasteiger partial charge in [0.05, 0.1) is 25.4 Å². The number of hydrogen-bond donors (Lipinski definition) is 2. The van der Waals surface area contributed by atoms with Crippen molar-refractivity contribution < 1.29 is 9.84 Å². The van der Waals surface area contributed by atoms with Crippen molar-refractivity contribution in [3.63, 3.8) is 0 Å². The molecule has 0 radical (unpaired) electrons. The minimum atomic E-state index is -0.430. The summed E-state index contributed by atoms with van der Waals surface area (Å²) in [5, 5.41) is 13.8. The molecule has 2 rings (SSSR count). The highest BCUT2D eigenvalue weighted by Gasteiger charge is 2.36. The second-order valence-corrected chi connectivity index (χ2v) is 6.30. The molecule has 0 aliphatic carbocycles. The Balaban J connectivity index is 2.26. The van der Waals surface area contributed by atoms with Crippen molar-refractivity contribution in [3.8, 4) is 0 Å². The summed E-state index contributed by atoms with van der Waals surface area (Å²) in [7, 11) is 0. The molecule has 1 heterocycles. The first-order chi connectivity index (χ1) is 10.1. The predicted octanol–water partition coefficient (Wildman–Crippen LogP) is 1.59. The molecule has 21 heavy (non-hydrogen) atoms. The van der Waals surface area contributed by atoms with Crippen LogP contribution in [0, 0.1) is 0 Å². The van der Waals surface area contributed by atoms with Crippen molar-refractivity contribution in [3.05, 3.63) is 35.9 Å². The number of aliphatic hydroxyl groups is 1. The Morgan fingerprint density at radius 3 is 2.67 bits per heavy atom. The van der Waals surface area contributed by atoms with Gasteiger partial charge in [0, 0.05) is 25.2 Å². The predicted molar refractivity (Wildman–Crippen MR) is 85.3 cm³/mol. The van der Waals surface area contributed by atoms with Gasteiger partial charge in [-0.15, -0.1) is 0 Å². The fraction of sp³-hybridized carbons (Fsp3) is 0.647. The average molecular weight is 292 g/mol. The zero-order valence-electron chi connectivity index (χ0n) is 13.4. The van der Waals surface area contributed by atoms with Crippen molar-refractivity contribution in [1.82, 2.24) is 10.2 Å². The minimum absolute atomic E-state index is 0.0826. The van der Waals surface area contributed by atoms with Crippen LogP contribution in [0.4, 0.5) is 0 Å². The number of ether oxygens (including phenoxy) is 1. The van der Waals surface area contributed by atoms with Gasteiger partial charge in [-0.25, -0.2) is 0 Å². The first-order valence-electron chi connectivity index (χ1n) is 7.83. The van der Waals surface area contributed by atoms with E-state index in [0.29, 0.717) is 12.1 Å². The van der Waals surface area contributed by atoms with E-state index in [1.807, 2.05) is 18.2 Å². The van der Waals surface area contributed by atoms with Crippen LogP contribution in [0.1, 0.15) is 26.3 Å². The number of nitrogens with one attached hydrogen (secondary N) is 1. The van der Waals surface area contributed by atoms with E-state index in [0.717, 1.165) is 31.9 Å². The summed E-state index contributed by atoms with van der Waals surface area (Å²) in [5.41, 5.74) is 0.709. The van der Waals surface area contributed by atoms with E-state index in [1.54, 1.807) is 0 Å². The second kappa shape index (κ2) is 7.36. The van der Waals surface area contributed by atoms with Crippen molar-refractivity contribution in [1.29, 1.82) is 0 Å². The van der Waals surface area contributed by atoms with E-state index in [2.05, 4.69) is 43.1 Å². The lowest BCUT2D eigenvalue weighted by molar-refractivity contribution is -0.0224. The van der Waals surface area contributed by atoms with Crippen LogP contribution in [0.25, 0.3) is 0 Å². The normalized spacial score (nSPS) is 23.2. The Kier molecular flexibility index (Phi) is 5.76. The highest BCUT2D eigenvalue weighted by Crippen LogP contribution is 2.25. The smallest absolute Gasteiger partial charge is 0.0799 e. The monoisotopic (exact) mass is 292 g/mol. The minimum Gasteiger partial charge on any atom is -0.394 e. The summed E-state index contributed by atoms with van der Waals surface area (Å²) >= 11 is 0. The molecule has 4 heteroatoms. The summed E-state index contributed by atoms with van der Waals surface area (Å²) in [5.74, 6) is 0. The molecule has 0 aromatic heterocycles. The summed E-state index contributed by atoms with van der Waals surface area (Å²) in [6.07, 6.45) is 0. The van der Waals surface area contributed by atoms with E-state index >= 15 is 0 Å². The Labute approximate surface area is 128 Å². The fourth-order valence-corrected chi connectivity index (χ4v) is 3.06. The lowest BCUT2D eigenvalue weighted by Crippen LogP contribution is -2.59. The number of hydrogen-bond acceptors (Lipinski definition) is 4. The molecule has 0 saturated carbocycles. The van der Waals surface area contributed by atoms with Crippen LogP contribution in [0.15, 0.2) is 30.3 Å². The zero-order chi connectivity index (χ0) is 15.3. The standard InChI is InChI=1S/C17H28N2O2/c1-14(2)18-17(13-20,16-7-5-4-6-8-16)12-19-9-10-21-11-15(19)3/h4-8,14-15,18,20H,9-13H2,1-3H3. The Hall–Kier alpha value is -0.940. The van der Waals surface area contributed by atoms with Crippen LogP contribution in [0.2, 0.25) is 0 Å². The van der Waals surface area contributed by atoms with Crippen LogP contribution in [0.3, 0.4) is 0 Å². The van der Waals surface area contributed by atoms with E-state index in [-0.39, 0.29) is 6.61 Å². The summed E-state index contributed by atoms with van der Waals surface area (Å²) in [6, 6.07) is 10.9. The maximum absolute atomic E-state index is 10.2. The Morgan fingerprint density at radius 1 is 1.38 bits per heavy atom. The van der Waals surface area contributed by atoms with Crippen molar-refractivity contribution in [2.75, 3.05) is 32.9 Å². The molecule has 2 atom stereocenters. The molecule has 4 nitrogen and oxygen atoms in total. The average Bonchev–Trinajstić information content (AvgIpc) is 2.49. The molecule has 118 valence electrons. The first-order valence-corrected chi connectivity index (χ1v) is 7.83. The van der Waals surface area contributed by atoms with Crippen LogP contribution in [-0.4, -0.2) is 55.0 Å². The van der Waals surface area contributed by atoms with E-state index < -0.39 is 5.54 Å². The maximum atomic E-state index is 10.2. The third-order valence-corrected chi connectivity index (χ3v) is 4.14. The van der Waals surface area contributed by atoms with Gasteiger partial charge in [-0.05, 0) is 26.3 Å². The summed E-state index contributed by atoms with van der Waals surface area (Å²) in [4.78, 5) is 2.40. The van der Waals surface area contributed by atoms with E-state index in [1.165, 1.54) is 0 Å². The van der Waals surface area contributed by atoms with E-state index in [4.69, 9.17) is 4.74 Å². The molecule has 0 spiro atoms. The van der Waals surface area contributed by atoms with Gasteiger partial charge < -0.3 is 15.2 Å². The Morgan fingerprint density at radius 2 is 2.10 bits per heavy atom. The lowest BCUT2D eigenvalue weighted by Gasteiger charge is -2.43. The number of aliphatic hydroxyl groups excluding tert-OH is 1. The number of benzene rings is 1. The van der Waals surface area contributed by atoms with Gasteiger partial charge in [-0.3, -0.25) is 4.90 Å². The van der Waals surface area contributed by atoms with Gasteiger partial charge in [0.15, 0.2) is 0 Å². The zero-order valence-corrected chi connectivity index (χ0v) is 13.4. The number of morpholine rings is 1. The molecule has 1 fully saturated rings. The summed E-state index contributed by atoms with van der Waals surface area (Å²) in [6.45, 7) is 9.74. The third-order valence-electron chi connectivity index (χ3n) is 4.14. The molecule has 2 N–H and O–H groups in total. The maximum Gasteiger partial charge on any atom is 0.0799 e. The molecule has 2 unspecified atom stereocenters. The highest BCUT2D eigenvalue weighted by atomic mass is 16.5. The largest absolute Gasteiger partial charge is 0.394 e. The second-order valence-electron chi connectivity index (χ2n) is 6.30. The van der Waals surface area contributed by atoms with Crippen LogP contribution < -0.4 is 5.32 Å². The molecule has 0 amide bonds. The van der Waals surface area contributed by atoms with Crippen LogP contribution >= 0.6 is 0 Å². The molecular formula is C17H28N2O2. The molecule has 1 saturated heterocycles. The van der Waals surface area contributed by atoms with Gasteiger partial charge in [0.25, 0.3) is 0 Å². The molecular weight excluding hydrogens is 264 g/mol. The number of nitrogens with zero attached hydrogens (tertiary/aromatic N) is 1. The molecule has 1 aromatic carbocycles. The Bertz CT molecular complexity index is 424. The van der Waals surface area contributed by atoms with Gasteiger partial charge in [0.1, 0.15) is 0 Å². The van der Waals surface area contributed by atoms with Crippen LogP contribution in [-0.2, 0) is 10.3 Å². The molecule has 1 aliphatic heterocycles. The molecule has 1 aromatic rings. The molecule has 1 aliphatic rings. The van der Waals surface area contributed by atoms with Gasteiger partial charge in [-0.1, -0.05) is 30.3 Å². The van der Waals surface area contributed by atoms with Crippen molar-refractivity contribution in [2.45, 2.75) is 38.4 Å². The van der Waals surface area contributed by atoms with Crippen LogP contribution in [0.5, 0.6) is 0 Å². The van der Waals surface area contributed by atoms with Gasteiger partial charge in [-0.2, -0.15) is 0 Å². The fourth-order valence-electron chi connectivity index (χ4n) is 3.06. The SMILES string of the molecule is CC(C)NC(CO)(CN1CCOCC1C)c1ccccc1. The number of rotatable bonds is 6. The van der Waals surface area contributed by atoms with Gasteiger partial charge >= 0.3 is 0 Å². The third kappa shape index (κ3) is 4.04. The van der Waals surface area contributed by atoms with Gasteiger partial charge in [0.2, 0.25) is 0 Å².